The minimum atomic E-state index is -0.835. The number of carbonyl (C=O) groups excluding carboxylic acids is 2. The number of carbonyl (C=O) groups is 2. The molecule has 0 aliphatic rings. The van der Waals surface area contributed by atoms with Crippen LogP contribution in [0.2, 0.25) is 0 Å². The van der Waals surface area contributed by atoms with Crippen LogP contribution >= 0.6 is 11.5 Å². The SMILES string of the molecule is COC(=O)N(C(=O)OC)c1nsc2ccccc12. The summed E-state index contributed by atoms with van der Waals surface area (Å²) in [5.41, 5.74) is 0. The quantitative estimate of drug-likeness (QED) is 0.793. The predicted octanol–water partition coefficient (Wildman–Crippen LogP) is 2.64. The molecule has 0 atom stereocenters. The first-order valence-corrected chi connectivity index (χ1v) is 5.76. The average Bonchev–Trinajstić information content (AvgIpc) is 2.82. The fourth-order valence-electron chi connectivity index (χ4n) is 1.46. The molecule has 1 aromatic carbocycles. The summed E-state index contributed by atoms with van der Waals surface area (Å²) in [5, 5.41) is 0.693. The molecular formula is C11H10N2O4S. The van der Waals surface area contributed by atoms with Crippen LogP contribution in [0, 0.1) is 0 Å². The van der Waals surface area contributed by atoms with Crippen molar-refractivity contribution in [3.8, 4) is 0 Å². The van der Waals surface area contributed by atoms with E-state index >= 15 is 0 Å². The van der Waals surface area contributed by atoms with Gasteiger partial charge in [-0.2, -0.15) is 9.27 Å². The number of methoxy groups -OCH3 is 2. The second kappa shape index (κ2) is 5.01. The summed E-state index contributed by atoms with van der Waals surface area (Å²) in [5.74, 6) is 0.217. The van der Waals surface area contributed by atoms with Crippen LogP contribution < -0.4 is 4.90 Å². The number of hydrogen-bond donors (Lipinski definition) is 0. The van der Waals surface area contributed by atoms with Gasteiger partial charge in [0.2, 0.25) is 0 Å². The summed E-state index contributed by atoms with van der Waals surface area (Å²) in [7, 11) is 2.37. The van der Waals surface area contributed by atoms with E-state index in [0.717, 1.165) is 9.60 Å². The minimum absolute atomic E-state index is 0.217. The first-order chi connectivity index (χ1) is 8.69. The summed E-state index contributed by atoms with van der Waals surface area (Å²) in [6.45, 7) is 0. The van der Waals surface area contributed by atoms with Gasteiger partial charge in [-0.25, -0.2) is 9.59 Å². The molecule has 0 fully saturated rings. The lowest BCUT2D eigenvalue weighted by atomic mass is 10.2. The predicted molar refractivity (Wildman–Crippen MR) is 66.9 cm³/mol. The lowest BCUT2D eigenvalue weighted by molar-refractivity contribution is 0.159. The summed E-state index contributed by atoms with van der Waals surface area (Å²) in [6.07, 6.45) is -1.67. The summed E-state index contributed by atoms with van der Waals surface area (Å²) in [6, 6.07) is 7.27. The third-order valence-electron chi connectivity index (χ3n) is 2.28. The number of rotatable bonds is 1. The zero-order valence-electron chi connectivity index (χ0n) is 9.75. The van der Waals surface area contributed by atoms with Crippen molar-refractivity contribution in [2.24, 2.45) is 0 Å². The Morgan fingerprint density at radius 3 is 2.39 bits per heavy atom. The second-order valence-electron chi connectivity index (χ2n) is 3.28. The smallest absolute Gasteiger partial charge is 0.425 e. The Balaban J connectivity index is 2.54. The topological polar surface area (TPSA) is 68.7 Å². The van der Waals surface area contributed by atoms with E-state index in [-0.39, 0.29) is 5.82 Å². The number of benzene rings is 1. The molecule has 0 radical (unpaired) electrons. The second-order valence-corrected chi connectivity index (χ2v) is 4.08. The number of nitrogens with zero attached hydrogens (tertiary/aromatic N) is 2. The van der Waals surface area contributed by atoms with Gasteiger partial charge in [0, 0.05) is 5.39 Å². The van der Waals surface area contributed by atoms with Gasteiger partial charge >= 0.3 is 12.2 Å². The zero-order valence-corrected chi connectivity index (χ0v) is 10.6. The van der Waals surface area contributed by atoms with Gasteiger partial charge in [-0.1, -0.05) is 12.1 Å². The molecule has 0 spiro atoms. The summed E-state index contributed by atoms with van der Waals surface area (Å²) < 4.78 is 14.1. The van der Waals surface area contributed by atoms with Crippen LogP contribution in [0.1, 0.15) is 0 Å². The van der Waals surface area contributed by atoms with Crippen LogP contribution in [-0.4, -0.2) is 30.8 Å². The fourth-order valence-corrected chi connectivity index (χ4v) is 2.23. The van der Waals surface area contributed by atoms with Crippen LogP contribution in [0.3, 0.4) is 0 Å². The van der Waals surface area contributed by atoms with Gasteiger partial charge in [0.05, 0.1) is 18.9 Å². The van der Waals surface area contributed by atoms with Gasteiger partial charge in [-0.15, -0.1) is 0 Å². The average molecular weight is 266 g/mol. The number of hydrogen-bond acceptors (Lipinski definition) is 6. The zero-order chi connectivity index (χ0) is 13.1. The molecule has 2 rings (SSSR count). The van der Waals surface area contributed by atoms with Crippen molar-refractivity contribution in [3.63, 3.8) is 0 Å². The molecule has 0 aliphatic heterocycles. The highest BCUT2D eigenvalue weighted by molar-refractivity contribution is 7.13. The van der Waals surface area contributed by atoms with Crippen LogP contribution in [0.5, 0.6) is 0 Å². The highest BCUT2D eigenvalue weighted by Gasteiger charge is 2.29. The maximum atomic E-state index is 11.6. The van der Waals surface area contributed by atoms with E-state index in [1.54, 1.807) is 12.1 Å². The molecule has 1 heterocycles. The highest BCUT2D eigenvalue weighted by atomic mass is 32.1. The van der Waals surface area contributed by atoms with Crippen LogP contribution in [0.25, 0.3) is 10.1 Å². The van der Waals surface area contributed by atoms with Crippen molar-refractivity contribution in [1.29, 1.82) is 0 Å². The molecule has 1 aromatic heterocycles. The normalized spacial score (nSPS) is 10.1. The van der Waals surface area contributed by atoms with Gasteiger partial charge in [0.15, 0.2) is 5.82 Å². The standard InChI is InChI=1S/C11H10N2O4S/c1-16-10(14)13(11(15)17-2)9-7-5-3-4-6-8(7)18-12-9/h3-6H,1-2H3. The Hall–Kier alpha value is -2.15. The number of anilines is 1. The van der Waals surface area contributed by atoms with Crippen molar-refractivity contribution in [1.82, 2.24) is 4.37 Å². The first kappa shape index (κ1) is 12.3. The van der Waals surface area contributed by atoms with Crippen LogP contribution in [-0.2, 0) is 9.47 Å². The van der Waals surface area contributed by atoms with Crippen molar-refractivity contribution < 1.29 is 19.1 Å². The van der Waals surface area contributed by atoms with Crippen molar-refractivity contribution in [3.05, 3.63) is 24.3 Å². The molecule has 0 bridgehead atoms. The Morgan fingerprint density at radius 1 is 1.17 bits per heavy atom. The molecule has 18 heavy (non-hydrogen) atoms. The third-order valence-corrected chi connectivity index (χ3v) is 3.10. The minimum Gasteiger partial charge on any atom is -0.452 e. The molecule has 0 saturated heterocycles. The molecule has 7 heteroatoms. The fraction of sp³-hybridized carbons (Fsp3) is 0.182. The molecule has 94 valence electrons. The van der Waals surface area contributed by atoms with Crippen LogP contribution in [0.4, 0.5) is 15.4 Å². The number of aromatic nitrogens is 1. The number of amides is 2. The first-order valence-electron chi connectivity index (χ1n) is 4.99. The van der Waals surface area contributed by atoms with E-state index < -0.39 is 12.2 Å². The van der Waals surface area contributed by atoms with E-state index in [0.29, 0.717) is 5.39 Å². The van der Waals surface area contributed by atoms with Gasteiger partial charge in [-0.05, 0) is 23.7 Å². The molecule has 6 nitrogen and oxygen atoms in total. The van der Waals surface area contributed by atoms with Crippen molar-refractivity contribution >= 4 is 39.6 Å². The number of ether oxygens (including phenoxy) is 2. The maximum Gasteiger partial charge on any atom is 0.425 e. The van der Waals surface area contributed by atoms with Crippen molar-refractivity contribution in [2.75, 3.05) is 19.1 Å². The van der Waals surface area contributed by atoms with Crippen molar-refractivity contribution in [2.45, 2.75) is 0 Å². The molecular weight excluding hydrogens is 256 g/mol. The Labute approximate surface area is 107 Å². The lowest BCUT2D eigenvalue weighted by Gasteiger charge is -2.15. The number of imide groups is 1. The van der Waals surface area contributed by atoms with E-state index in [1.807, 2.05) is 12.1 Å². The molecule has 0 unspecified atom stereocenters. The van der Waals surface area contributed by atoms with Gasteiger partial charge < -0.3 is 9.47 Å². The van der Waals surface area contributed by atoms with E-state index in [2.05, 4.69) is 13.8 Å². The molecule has 2 amide bonds. The largest absolute Gasteiger partial charge is 0.452 e. The molecule has 0 N–H and O–H groups in total. The Bertz CT molecular complexity index is 579. The Morgan fingerprint density at radius 2 is 1.78 bits per heavy atom. The number of fused-ring (bicyclic) bond motifs is 1. The highest BCUT2D eigenvalue weighted by Crippen LogP contribution is 2.29. The van der Waals surface area contributed by atoms with E-state index in [1.165, 1.54) is 25.8 Å². The summed E-state index contributed by atoms with van der Waals surface area (Å²) in [4.78, 5) is 24.0. The monoisotopic (exact) mass is 266 g/mol. The molecule has 2 aromatic rings. The Kier molecular flexibility index (Phi) is 3.42. The van der Waals surface area contributed by atoms with Gasteiger partial charge in [0.1, 0.15) is 0 Å². The third kappa shape index (κ3) is 2.00. The lowest BCUT2D eigenvalue weighted by Crippen LogP contribution is -2.37. The van der Waals surface area contributed by atoms with Crippen LogP contribution in [0.15, 0.2) is 24.3 Å². The molecule has 0 aliphatic carbocycles. The van der Waals surface area contributed by atoms with E-state index in [4.69, 9.17) is 0 Å². The maximum absolute atomic E-state index is 11.6. The summed E-state index contributed by atoms with van der Waals surface area (Å²) >= 11 is 1.19. The molecule has 0 saturated carbocycles. The van der Waals surface area contributed by atoms with Gasteiger partial charge in [0.25, 0.3) is 0 Å². The van der Waals surface area contributed by atoms with Gasteiger partial charge in [-0.3, -0.25) is 0 Å². The van der Waals surface area contributed by atoms with E-state index in [9.17, 15) is 9.59 Å².